The highest BCUT2D eigenvalue weighted by atomic mass is 16.1. The molecule has 0 aromatic heterocycles. The minimum absolute atomic E-state index is 0.0205. The van der Waals surface area contributed by atoms with Gasteiger partial charge in [0, 0.05) is 18.7 Å². The first-order valence-corrected chi connectivity index (χ1v) is 10.1. The molecule has 1 amide bonds. The van der Waals surface area contributed by atoms with Crippen LogP contribution in [0.4, 0.5) is 0 Å². The Hall–Kier alpha value is -2.13. The predicted molar refractivity (Wildman–Crippen MR) is 112 cm³/mol. The minimum Gasteiger partial charge on any atom is -0.348 e. The van der Waals surface area contributed by atoms with E-state index in [2.05, 4.69) is 55.3 Å². The molecule has 144 valence electrons. The van der Waals surface area contributed by atoms with Crippen LogP contribution >= 0.6 is 0 Å². The van der Waals surface area contributed by atoms with Crippen molar-refractivity contribution in [1.29, 1.82) is 0 Å². The van der Waals surface area contributed by atoms with Gasteiger partial charge >= 0.3 is 0 Å². The maximum atomic E-state index is 12.4. The number of likely N-dealkylation sites (tertiary alicyclic amines) is 1. The van der Waals surface area contributed by atoms with E-state index in [1.54, 1.807) is 0 Å². The average molecular weight is 365 g/mol. The zero-order valence-corrected chi connectivity index (χ0v) is 16.9. The van der Waals surface area contributed by atoms with Gasteiger partial charge in [0.1, 0.15) is 0 Å². The van der Waals surface area contributed by atoms with Crippen LogP contribution < -0.4 is 5.32 Å². The number of hydrogen-bond donors (Lipinski definition) is 1. The molecule has 1 fully saturated rings. The van der Waals surface area contributed by atoms with Gasteiger partial charge in [-0.3, -0.25) is 9.69 Å². The number of rotatable bonds is 5. The fourth-order valence-corrected chi connectivity index (χ4v) is 3.54. The zero-order chi connectivity index (χ0) is 19.3. The van der Waals surface area contributed by atoms with Crippen molar-refractivity contribution in [2.24, 2.45) is 0 Å². The van der Waals surface area contributed by atoms with E-state index >= 15 is 0 Å². The van der Waals surface area contributed by atoms with E-state index in [0.29, 0.717) is 12.1 Å². The number of amides is 1. The van der Waals surface area contributed by atoms with Crippen molar-refractivity contribution in [3.8, 4) is 0 Å². The normalized spacial score (nSPS) is 15.5. The molecule has 0 atom stereocenters. The Morgan fingerprint density at radius 3 is 2.07 bits per heavy atom. The van der Waals surface area contributed by atoms with E-state index in [1.807, 2.05) is 24.3 Å². The Bertz CT molecular complexity index is 735. The summed E-state index contributed by atoms with van der Waals surface area (Å²) in [6.45, 7) is 10.6. The molecule has 27 heavy (non-hydrogen) atoms. The fourth-order valence-electron chi connectivity index (χ4n) is 3.54. The van der Waals surface area contributed by atoms with Crippen molar-refractivity contribution < 1.29 is 4.79 Å². The second-order valence-electron chi connectivity index (χ2n) is 8.66. The van der Waals surface area contributed by atoms with Crippen molar-refractivity contribution in [2.45, 2.75) is 58.5 Å². The molecule has 3 nitrogen and oxygen atoms in total. The smallest absolute Gasteiger partial charge is 0.251 e. The van der Waals surface area contributed by atoms with Crippen LogP contribution in [-0.4, -0.2) is 23.9 Å². The maximum Gasteiger partial charge on any atom is 0.251 e. The molecule has 1 N–H and O–H groups in total. The topological polar surface area (TPSA) is 32.3 Å². The summed E-state index contributed by atoms with van der Waals surface area (Å²) < 4.78 is 0. The summed E-state index contributed by atoms with van der Waals surface area (Å²) in [6, 6.07) is 16.6. The van der Waals surface area contributed by atoms with Gasteiger partial charge in [-0.25, -0.2) is 0 Å². The molecule has 3 rings (SSSR count). The van der Waals surface area contributed by atoms with Crippen LogP contribution in [0, 0.1) is 0 Å². The molecule has 1 heterocycles. The molecule has 0 bridgehead atoms. The van der Waals surface area contributed by atoms with Gasteiger partial charge < -0.3 is 5.32 Å². The zero-order valence-electron chi connectivity index (χ0n) is 16.9. The third-order valence-electron chi connectivity index (χ3n) is 5.34. The van der Waals surface area contributed by atoms with Crippen LogP contribution in [0.2, 0.25) is 0 Å². The van der Waals surface area contributed by atoms with Gasteiger partial charge in [0.25, 0.3) is 5.91 Å². The lowest BCUT2D eigenvalue weighted by Gasteiger charge is -2.26. The highest BCUT2D eigenvalue weighted by Crippen LogP contribution is 2.22. The van der Waals surface area contributed by atoms with E-state index in [1.165, 1.54) is 43.5 Å². The van der Waals surface area contributed by atoms with Crippen LogP contribution in [0.1, 0.15) is 67.1 Å². The first-order valence-electron chi connectivity index (χ1n) is 10.1. The molecular formula is C24H32N2O. The predicted octanol–water partition coefficient (Wildman–Crippen LogP) is 4.90. The summed E-state index contributed by atoms with van der Waals surface area (Å²) in [4.78, 5) is 14.9. The summed E-state index contributed by atoms with van der Waals surface area (Å²) in [7, 11) is 0. The molecule has 3 heteroatoms. The molecule has 1 aliphatic heterocycles. The van der Waals surface area contributed by atoms with E-state index < -0.39 is 0 Å². The maximum absolute atomic E-state index is 12.4. The Balaban J connectivity index is 1.51. The first kappa shape index (κ1) is 19.6. The summed E-state index contributed by atoms with van der Waals surface area (Å²) in [5.41, 5.74) is 4.54. The molecule has 0 spiro atoms. The monoisotopic (exact) mass is 364 g/mol. The Morgan fingerprint density at radius 2 is 1.48 bits per heavy atom. The van der Waals surface area contributed by atoms with Crippen LogP contribution in [0.3, 0.4) is 0 Å². The number of hydrogen-bond acceptors (Lipinski definition) is 2. The Morgan fingerprint density at radius 1 is 0.889 bits per heavy atom. The molecule has 0 aliphatic carbocycles. The second kappa shape index (κ2) is 8.71. The lowest BCUT2D eigenvalue weighted by atomic mass is 9.87. The third kappa shape index (κ3) is 5.67. The molecule has 0 radical (unpaired) electrons. The summed E-state index contributed by atoms with van der Waals surface area (Å²) >= 11 is 0. The average Bonchev–Trinajstić information content (AvgIpc) is 2.67. The van der Waals surface area contributed by atoms with E-state index in [4.69, 9.17) is 0 Å². The molecule has 0 saturated carbocycles. The van der Waals surface area contributed by atoms with Crippen LogP contribution in [0.5, 0.6) is 0 Å². The first-order chi connectivity index (χ1) is 12.9. The lowest BCUT2D eigenvalue weighted by Crippen LogP contribution is -2.29. The lowest BCUT2D eigenvalue weighted by molar-refractivity contribution is 0.0951. The van der Waals surface area contributed by atoms with Gasteiger partial charge in [-0.05, 0) is 60.2 Å². The number of carbonyl (C=O) groups is 1. The van der Waals surface area contributed by atoms with Gasteiger partial charge in [0.2, 0.25) is 0 Å². The van der Waals surface area contributed by atoms with Crippen molar-refractivity contribution in [1.82, 2.24) is 10.2 Å². The highest BCUT2D eigenvalue weighted by Gasteiger charge is 2.14. The second-order valence-corrected chi connectivity index (χ2v) is 8.66. The van der Waals surface area contributed by atoms with Crippen LogP contribution in [-0.2, 0) is 18.5 Å². The minimum atomic E-state index is -0.0205. The number of nitrogens with one attached hydrogen (secondary N) is 1. The van der Waals surface area contributed by atoms with Crippen LogP contribution in [0.15, 0.2) is 48.5 Å². The summed E-state index contributed by atoms with van der Waals surface area (Å²) in [5.74, 6) is -0.0205. The number of piperidine rings is 1. The molecular weight excluding hydrogens is 332 g/mol. The van der Waals surface area contributed by atoms with Gasteiger partial charge in [-0.15, -0.1) is 0 Å². The molecule has 1 aliphatic rings. The highest BCUT2D eigenvalue weighted by molar-refractivity contribution is 5.94. The number of carbonyl (C=O) groups excluding carboxylic acids is 1. The molecule has 0 unspecified atom stereocenters. The third-order valence-corrected chi connectivity index (χ3v) is 5.34. The quantitative estimate of drug-likeness (QED) is 0.818. The van der Waals surface area contributed by atoms with E-state index in [0.717, 1.165) is 12.1 Å². The SMILES string of the molecule is CC(C)(C)c1ccc(C(=O)NCc2ccc(CN3CCCCC3)cc2)cc1. The van der Waals surface area contributed by atoms with Crippen molar-refractivity contribution in [3.05, 3.63) is 70.8 Å². The molecule has 2 aromatic rings. The largest absolute Gasteiger partial charge is 0.348 e. The Labute approximate surface area is 163 Å². The van der Waals surface area contributed by atoms with Gasteiger partial charge in [0.15, 0.2) is 0 Å². The number of benzene rings is 2. The Kier molecular flexibility index (Phi) is 6.33. The van der Waals surface area contributed by atoms with Gasteiger partial charge in [-0.2, -0.15) is 0 Å². The summed E-state index contributed by atoms with van der Waals surface area (Å²) in [5, 5.41) is 3.02. The fraction of sp³-hybridized carbons (Fsp3) is 0.458. The molecule has 2 aromatic carbocycles. The van der Waals surface area contributed by atoms with Crippen molar-refractivity contribution >= 4 is 5.91 Å². The van der Waals surface area contributed by atoms with E-state index in [9.17, 15) is 4.79 Å². The van der Waals surface area contributed by atoms with Crippen LogP contribution in [0.25, 0.3) is 0 Å². The van der Waals surface area contributed by atoms with Crippen molar-refractivity contribution in [3.63, 3.8) is 0 Å². The van der Waals surface area contributed by atoms with Crippen molar-refractivity contribution in [2.75, 3.05) is 13.1 Å². The molecule has 1 saturated heterocycles. The summed E-state index contributed by atoms with van der Waals surface area (Å²) in [6.07, 6.45) is 4.01. The van der Waals surface area contributed by atoms with Gasteiger partial charge in [-0.1, -0.05) is 63.6 Å². The van der Waals surface area contributed by atoms with Gasteiger partial charge in [0.05, 0.1) is 0 Å². The van der Waals surface area contributed by atoms with E-state index in [-0.39, 0.29) is 11.3 Å². The standard InChI is InChI=1S/C24H32N2O/c1-24(2,3)22-13-11-21(12-14-22)23(27)25-17-19-7-9-20(10-8-19)18-26-15-5-4-6-16-26/h7-14H,4-6,15-18H2,1-3H3,(H,25,27). The number of nitrogens with zero attached hydrogens (tertiary/aromatic N) is 1.